The number of alkyl carbamates (subject to hydrolysis) is 1. The molecule has 7 nitrogen and oxygen atoms in total. The maximum atomic E-state index is 13.9. The second-order valence-corrected chi connectivity index (χ2v) is 10.8. The Kier molecular flexibility index (Phi) is 6.47. The second kappa shape index (κ2) is 9.58. The van der Waals surface area contributed by atoms with E-state index < -0.39 is 11.4 Å². The summed E-state index contributed by atoms with van der Waals surface area (Å²) in [4.78, 5) is 27.1. The van der Waals surface area contributed by atoms with E-state index in [0.717, 1.165) is 43.6 Å². The van der Waals surface area contributed by atoms with Gasteiger partial charge in [-0.15, -0.1) is 0 Å². The van der Waals surface area contributed by atoms with Gasteiger partial charge in [-0.1, -0.05) is 18.2 Å². The minimum atomic E-state index is -0.503. The number of hydrogen-bond acceptors (Lipinski definition) is 5. The number of carbonyl (C=O) groups is 2. The molecule has 2 aromatic rings. The highest BCUT2D eigenvalue weighted by molar-refractivity contribution is 6.36. The normalized spacial score (nSPS) is 21.4. The number of hydrogen-bond donors (Lipinski definition) is 2. The van der Waals surface area contributed by atoms with E-state index in [9.17, 15) is 14.0 Å². The number of nitrogens with one attached hydrogen (secondary N) is 2. The van der Waals surface area contributed by atoms with Crippen LogP contribution in [0.15, 0.2) is 36.4 Å². The third-order valence-electron chi connectivity index (χ3n) is 6.68. The van der Waals surface area contributed by atoms with Crippen LogP contribution < -0.4 is 10.6 Å². The molecule has 1 atom stereocenters. The summed E-state index contributed by atoms with van der Waals surface area (Å²) in [6, 6.07) is 10.5. The van der Waals surface area contributed by atoms with Gasteiger partial charge in [-0.2, -0.15) is 0 Å². The molecule has 0 aromatic heterocycles. The number of ether oxygens (including phenoxy) is 2. The molecule has 0 saturated carbocycles. The lowest BCUT2D eigenvalue weighted by Gasteiger charge is -2.33. The fourth-order valence-corrected chi connectivity index (χ4v) is 5.15. The second-order valence-electron chi connectivity index (χ2n) is 10.8. The molecule has 190 valence electrons. The van der Waals surface area contributed by atoms with Crippen molar-refractivity contribution in [2.75, 3.05) is 25.0 Å². The molecular formula is C28H32FN3O4. The molecule has 0 bridgehead atoms. The molecule has 3 aliphatic rings. The van der Waals surface area contributed by atoms with Gasteiger partial charge in [0.1, 0.15) is 23.8 Å². The molecule has 0 aliphatic carbocycles. The molecule has 1 fully saturated rings. The third-order valence-corrected chi connectivity index (χ3v) is 6.68. The molecular weight excluding hydrogens is 461 g/mol. The summed E-state index contributed by atoms with van der Waals surface area (Å²) in [6.07, 6.45) is 1.78. The lowest BCUT2D eigenvalue weighted by atomic mass is 9.96. The van der Waals surface area contributed by atoms with Crippen LogP contribution in [0.4, 0.5) is 14.9 Å². The Morgan fingerprint density at radius 1 is 1.22 bits per heavy atom. The van der Waals surface area contributed by atoms with Gasteiger partial charge >= 0.3 is 6.09 Å². The van der Waals surface area contributed by atoms with Crippen molar-refractivity contribution < 1.29 is 23.5 Å². The van der Waals surface area contributed by atoms with Gasteiger partial charge in [0.05, 0.1) is 5.57 Å². The molecule has 5 rings (SSSR count). The number of amides is 2. The predicted octanol–water partition coefficient (Wildman–Crippen LogP) is 4.91. The van der Waals surface area contributed by atoms with Gasteiger partial charge in [0.15, 0.2) is 0 Å². The summed E-state index contributed by atoms with van der Waals surface area (Å²) in [6.45, 7) is 9.27. The van der Waals surface area contributed by atoms with E-state index in [2.05, 4.69) is 27.7 Å². The van der Waals surface area contributed by atoms with Crippen molar-refractivity contribution in [2.24, 2.45) is 5.92 Å². The summed E-state index contributed by atoms with van der Waals surface area (Å²) < 4.78 is 25.2. The first-order chi connectivity index (χ1) is 17.2. The van der Waals surface area contributed by atoms with E-state index in [1.54, 1.807) is 6.07 Å². The maximum Gasteiger partial charge on any atom is 0.407 e. The molecule has 2 N–H and O–H groups in total. The van der Waals surface area contributed by atoms with Gasteiger partial charge in [0.2, 0.25) is 0 Å². The molecule has 2 aromatic carbocycles. The summed E-state index contributed by atoms with van der Waals surface area (Å²) in [5.74, 6) is 0.214. The fraction of sp³-hybridized carbons (Fsp3) is 0.429. The number of carbonyl (C=O) groups excluding carboxylic acids is 2. The molecule has 3 aliphatic heterocycles. The molecule has 2 amide bonds. The van der Waals surface area contributed by atoms with Gasteiger partial charge in [0, 0.05) is 42.0 Å². The molecule has 1 saturated heterocycles. The largest absolute Gasteiger partial charge is 0.487 e. The molecule has 1 unspecified atom stereocenters. The van der Waals surface area contributed by atoms with Gasteiger partial charge in [-0.05, 0) is 69.8 Å². The van der Waals surface area contributed by atoms with Gasteiger partial charge < -0.3 is 20.1 Å². The van der Waals surface area contributed by atoms with Crippen LogP contribution in [0.25, 0.3) is 11.3 Å². The van der Waals surface area contributed by atoms with E-state index in [4.69, 9.17) is 9.47 Å². The Labute approximate surface area is 210 Å². The van der Waals surface area contributed by atoms with Crippen LogP contribution in [0.1, 0.15) is 55.9 Å². The monoisotopic (exact) mass is 493 g/mol. The van der Waals surface area contributed by atoms with Crippen molar-refractivity contribution in [1.29, 1.82) is 0 Å². The van der Waals surface area contributed by atoms with E-state index in [1.807, 2.05) is 26.8 Å². The highest BCUT2D eigenvalue weighted by atomic mass is 19.1. The zero-order valence-electron chi connectivity index (χ0n) is 20.9. The first-order valence-corrected chi connectivity index (χ1v) is 12.5. The standard InChI is InChI=1S/C28H32FN3O4/c1-28(2,3)36-27(34)30-13-18-5-4-10-32(15-18)14-17-6-8-21-19(11-17)16-35-25(21)24-22-12-20(29)7-9-23(22)31-26(24)33/h6-9,11-12,18H,4-5,10,13-16H2,1-3H3,(H,30,34)(H,31,33)/b25-24+. The average molecular weight is 494 g/mol. The molecule has 36 heavy (non-hydrogen) atoms. The first-order valence-electron chi connectivity index (χ1n) is 12.5. The van der Waals surface area contributed by atoms with Crippen LogP contribution in [0.5, 0.6) is 0 Å². The maximum absolute atomic E-state index is 13.9. The lowest BCUT2D eigenvalue weighted by molar-refractivity contribution is -0.110. The Hall–Kier alpha value is -3.39. The first kappa shape index (κ1) is 24.3. The summed E-state index contributed by atoms with van der Waals surface area (Å²) in [5, 5.41) is 5.70. The number of rotatable bonds is 4. The Bertz CT molecular complexity index is 1230. The number of likely N-dealkylation sites (tertiary alicyclic amines) is 1. The van der Waals surface area contributed by atoms with Crippen molar-refractivity contribution in [3.8, 4) is 0 Å². The van der Waals surface area contributed by atoms with E-state index in [1.165, 1.54) is 17.7 Å². The molecule has 8 heteroatoms. The number of halogens is 1. The Morgan fingerprint density at radius 2 is 2.06 bits per heavy atom. The number of anilines is 1. The van der Waals surface area contributed by atoms with E-state index >= 15 is 0 Å². The average Bonchev–Trinajstić information content (AvgIpc) is 3.36. The highest BCUT2D eigenvalue weighted by Crippen LogP contribution is 2.42. The lowest BCUT2D eigenvalue weighted by Crippen LogP contribution is -2.41. The van der Waals surface area contributed by atoms with E-state index in [-0.39, 0.29) is 12.0 Å². The van der Waals surface area contributed by atoms with Gasteiger partial charge in [-0.3, -0.25) is 9.69 Å². The summed E-state index contributed by atoms with van der Waals surface area (Å²) in [5.41, 5.74) is 4.08. The van der Waals surface area contributed by atoms with Crippen molar-refractivity contribution in [1.82, 2.24) is 10.2 Å². The highest BCUT2D eigenvalue weighted by Gasteiger charge is 2.33. The Balaban J connectivity index is 1.25. The smallest absolute Gasteiger partial charge is 0.407 e. The molecule has 3 heterocycles. The van der Waals surface area contributed by atoms with Crippen molar-refractivity contribution in [2.45, 2.75) is 52.4 Å². The number of piperidine rings is 1. The summed E-state index contributed by atoms with van der Waals surface area (Å²) >= 11 is 0. The zero-order valence-corrected chi connectivity index (χ0v) is 20.9. The zero-order chi connectivity index (χ0) is 25.4. The number of benzene rings is 2. The summed E-state index contributed by atoms with van der Waals surface area (Å²) in [7, 11) is 0. The van der Waals surface area contributed by atoms with Crippen LogP contribution in [0.3, 0.4) is 0 Å². The van der Waals surface area contributed by atoms with Gasteiger partial charge in [-0.25, -0.2) is 9.18 Å². The predicted molar refractivity (Wildman–Crippen MR) is 135 cm³/mol. The van der Waals surface area contributed by atoms with Crippen LogP contribution in [0, 0.1) is 11.7 Å². The van der Waals surface area contributed by atoms with Crippen molar-refractivity contribution in [3.05, 3.63) is 64.5 Å². The SMILES string of the molecule is CC(C)(C)OC(=O)NCC1CCCN(Cc2ccc3c(c2)CO/C3=C2/C(=O)Nc3ccc(F)cc32)C1. The topological polar surface area (TPSA) is 79.9 Å². The van der Waals surface area contributed by atoms with Crippen LogP contribution in [-0.4, -0.2) is 42.1 Å². The quantitative estimate of drug-likeness (QED) is 0.592. The van der Waals surface area contributed by atoms with Gasteiger partial charge in [0.25, 0.3) is 5.91 Å². The minimum Gasteiger partial charge on any atom is -0.487 e. The third kappa shape index (κ3) is 5.23. The van der Waals surface area contributed by atoms with Crippen molar-refractivity contribution in [3.63, 3.8) is 0 Å². The van der Waals surface area contributed by atoms with Crippen molar-refractivity contribution >= 4 is 29.0 Å². The van der Waals surface area contributed by atoms with Crippen LogP contribution in [-0.2, 0) is 27.4 Å². The fourth-order valence-electron chi connectivity index (χ4n) is 5.15. The Morgan fingerprint density at radius 3 is 2.86 bits per heavy atom. The van der Waals surface area contributed by atoms with E-state index in [0.29, 0.717) is 41.7 Å². The number of nitrogens with zero attached hydrogens (tertiary/aromatic N) is 1. The van der Waals surface area contributed by atoms with Crippen LogP contribution in [0.2, 0.25) is 0 Å². The number of fused-ring (bicyclic) bond motifs is 2. The molecule has 0 radical (unpaired) electrons. The minimum absolute atomic E-state index is 0.276. The molecule has 0 spiro atoms. The van der Waals surface area contributed by atoms with Crippen LogP contribution >= 0.6 is 0 Å².